The van der Waals surface area contributed by atoms with E-state index in [0.29, 0.717) is 5.56 Å². The van der Waals surface area contributed by atoms with Gasteiger partial charge in [-0.1, -0.05) is 29.8 Å². The summed E-state index contributed by atoms with van der Waals surface area (Å²) in [6.45, 7) is 1.72. The lowest BCUT2D eigenvalue weighted by molar-refractivity contribution is 0.684. The molecule has 0 aliphatic rings. The van der Waals surface area contributed by atoms with Crippen LogP contribution in [0.4, 0.5) is 7.05 Å². The Morgan fingerprint density at radius 1 is 1.20 bits per heavy atom. The third-order valence-corrected chi connectivity index (χ3v) is 2.54. The van der Waals surface area contributed by atoms with Crippen LogP contribution in [-0.2, 0) is 0 Å². The summed E-state index contributed by atoms with van der Waals surface area (Å²) in [6.07, 6.45) is 0. The zero-order chi connectivity index (χ0) is 7.56. The first-order chi connectivity index (χ1) is 4.72. The Kier molecular flexibility index (Phi) is 2.42. The molecule has 0 bridgehead atoms. The predicted molar refractivity (Wildman–Crippen MR) is 38.8 cm³/mol. The number of hydrogen-bond donors (Lipinski definition) is 0. The Hall–Kier alpha value is -0.388. The second-order valence-corrected chi connectivity index (χ2v) is 3.38. The first kappa shape index (κ1) is 7.72. The fourth-order valence-electron chi connectivity index (χ4n) is 0.832. The molecule has 1 aromatic rings. The van der Waals surface area contributed by atoms with E-state index in [1.54, 1.807) is 25.1 Å². The molecule has 1 rings (SSSR count). The van der Waals surface area contributed by atoms with Crippen molar-refractivity contribution in [3.8, 4) is 0 Å². The van der Waals surface area contributed by atoms with Crippen LogP contribution in [0.5, 0.6) is 0 Å². The number of halogens is 2. The highest BCUT2D eigenvalue weighted by Gasteiger charge is 2.25. The van der Waals surface area contributed by atoms with Crippen LogP contribution >= 0.6 is 0 Å². The number of aryl methyl sites for hydroxylation is 1. The van der Waals surface area contributed by atoms with Crippen molar-refractivity contribution in [3.63, 3.8) is 0 Å². The van der Waals surface area contributed by atoms with Gasteiger partial charge in [-0.25, -0.2) is 0 Å². The predicted octanol–water partition coefficient (Wildman–Crippen LogP) is 1.63. The van der Waals surface area contributed by atoms with Gasteiger partial charge in [0.1, 0.15) is 0 Å². The van der Waals surface area contributed by atoms with E-state index >= 15 is 0 Å². The second-order valence-electron chi connectivity index (χ2n) is 2.16. The van der Waals surface area contributed by atoms with Crippen molar-refractivity contribution >= 4 is 19.5 Å². The molecular formula is C7H7AlF2. The highest BCUT2D eigenvalue weighted by molar-refractivity contribution is 6.60. The van der Waals surface area contributed by atoms with Gasteiger partial charge in [0.15, 0.2) is 0 Å². The smallest absolute Gasteiger partial charge is 0.370 e. The van der Waals surface area contributed by atoms with Crippen molar-refractivity contribution in [1.29, 1.82) is 0 Å². The lowest BCUT2D eigenvalue weighted by Crippen LogP contribution is -2.22. The number of rotatable bonds is 1. The molecule has 1 aromatic carbocycles. The Morgan fingerprint density at radius 2 is 1.80 bits per heavy atom. The molecule has 3 heteroatoms. The van der Waals surface area contributed by atoms with Crippen molar-refractivity contribution in [1.82, 2.24) is 0 Å². The first-order valence-corrected chi connectivity index (χ1v) is 4.50. The van der Waals surface area contributed by atoms with Crippen LogP contribution in [0.25, 0.3) is 0 Å². The molecule has 0 heterocycles. The maximum Gasteiger partial charge on any atom is 0.802 e. The fraction of sp³-hybridized carbons (Fsp3) is 0.143. The SMILES string of the molecule is Cc1cccc[c]1[Al]([F])[F]. The van der Waals surface area contributed by atoms with E-state index in [-0.39, 0.29) is 4.43 Å². The molecule has 10 heavy (non-hydrogen) atoms. The van der Waals surface area contributed by atoms with E-state index in [2.05, 4.69) is 0 Å². The van der Waals surface area contributed by atoms with Gasteiger partial charge in [-0.05, 0) is 11.3 Å². The van der Waals surface area contributed by atoms with Gasteiger partial charge < -0.3 is 7.05 Å². The Labute approximate surface area is 63.8 Å². The molecular weight excluding hydrogens is 149 g/mol. The van der Waals surface area contributed by atoms with E-state index in [4.69, 9.17) is 0 Å². The van der Waals surface area contributed by atoms with Crippen molar-refractivity contribution in [2.24, 2.45) is 0 Å². The van der Waals surface area contributed by atoms with Gasteiger partial charge in [0, 0.05) is 0 Å². The standard InChI is InChI=1S/C7H7.Al.2FH/c1-7-5-3-2-4-6-7;;;/h2-5H,1H3;;2*1H/q;+2;;/p-2. The highest BCUT2D eigenvalue weighted by atomic mass is 27.3. The van der Waals surface area contributed by atoms with Gasteiger partial charge in [0.05, 0.1) is 0 Å². The zero-order valence-electron chi connectivity index (χ0n) is 5.64. The summed E-state index contributed by atoms with van der Waals surface area (Å²) >= 11 is -3.57. The molecule has 52 valence electrons. The third-order valence-electron chi connectivity index (χ3n) is 1.42. The van der Waals surface area contributed by atoms with Crippen LogP contribution in [0.15, 0.2) is 24.3 Å². The maximum absolute atomic E-state index is 12.2. The van der Waals surface area contributed by atoms with Crippen molar-refractivity contribution in [2.75, 3.05) is 0 Å². The first-order valence-electron chi connectivity index (χ1n) is 3.05. The van der Waals surface area contributed by atoms with Crippen molar-refractivity contribution in [3.05, 3.63) is 29.8 Å². The largest absolute Gasteiger partial charge is 0.802 e. The van der Waals surface area contributed by atoms with E-state index in [1.165, 1.54) is 6.07 Å². The number of hydrogen-bond acceptors (Lipinski definition) is 0. The highest BCUT2D eigenvalue weighted by Crippen LogP contribution is 1.97. The summed E-state index contributed by atoms with van der Waals surface area (Å²) in [5.74, 6) is 0. The zero-order valence-corrected chi connectivity index (χ0v) is 6.80. The monoisotopic (exact) mass is 156 g/mol. The quantitative estimate of drug-likeness (QED) is 0.542. The molecule has 0 nitrogen and oxygen atoms in total. The molecule has 0 saturated heterocycles. The summed E-state index contributed by atoms with van der Waals surface area (Å²) < 4.78 is 24.6. The van der Waals surface area contributed by atoms with E-state index in [9.17, 15) is 7.05 Å². The number of benzene rings is 1. The molecule has 0 aliphatic carbocycles. The molecule has 0 unspecified atom stereocenters. The average Bonchev–Trinajstić information content (AvgIpc) is 1.88. The van der Waals surface area contributed by atoms with E-state index in [0.717, 1.165) is 0 Å². The van der Waals surface area contributed by atoms with Crippen LogP contribution in [-0.4, -0.2) is 15.1 Å². The summed E-state index contributed by atoms with van der Waals surface area (Å²) in [7, 11) is 0. The minimum absolute atomic E-state index is 0.266. The van der Waals surface area contributed by atoms with E-state index < -0.39 is 15.1 Å². The van der Waals surface area contributed by atoms with Gasteiger partial charge in [0.25, 0.3) is 0 Å². The molecule has 0 saturated carbocycles. The summed E-state index contributed by atoms with van der Waals surface area (Å²) in [5.41, 5.74) is 0.712. The van der Waals surface area contributed by atoms with Crippen molar-refractivity contribution in [2.45, 2.75) is 6.92 Å². The Bertz CT molecular complexity index is 223. The molecule has 0 fully saturated rings. The fourth-order valence-corrected chi connectivity index (χ4v) is 1.53. The molecule has 0 atom stereocenters. The van der Waals surface area contributed by atoms with Gasteiger partial charge in [0.2, 0.25) is 0 Å². The molecule has 0 amide bonds. The molecule has 0 spiro atoms. The third kappa shape index (κ3) is 1.56. The van der Waals surface area contributed by atoms with Gasteiger partial charge in [-0.3, -0.25) is 0 Å². The molecule has 0 aromatic heterocycles. The van der Waals surface area contributed by atoms with Crippen LogP contribution < -0.4 is 4.43 Å². The van der Waals surface area contributed by atoms with Gasteiger partial charge in [-0.2, -0.15) is 0 Å². The van der Waals surface area contributed by atoms with Crippen LogP contribution in [0, 0.1) is 6.92 Å². The van der Waals surface area contributed by atoms with Gasteiger partial charge in [-0.15, -0.1) is 0 Å². The Morgan fingerprint density at radius 3 is 2.20 bits per heavy atom. The van der Waals surface area contributed by atoms with Gasteiger partial charge >= 0.3 is 15.1 Å². The maximum atomic E-state index is 12.2. The lowest BCUT2D eigenvalue weighted by atomic mass is 10.2. The summed E-state index contributed by atoms with van der Waals surface area (Å²) in [6, 6.07) is 6.65. The lowest BCUT2D eigenvalue weighted by Gasteiger charge is -1.97. The molecule has 0 N–H and O–H groups in total. The second kappa shape index (κ2) is 3.14. The van der Waals surface area contributed by atoms with Crippen LogP contribution in [0.3, 0.4) is 0 Å². The van der Waals surface area contributed by atoms with Crippen molar-refractivity contribution < 1.29 is 7.05 Å². The topological polar surface area (TPSA) is 0 Å². The minimum atomic E-state index is -3.57. The Balaban J connectivity index is 3.03. The average molecular weight is 156 g/mol. The summed E-state index contributed by atoms with van der Waals surface area (Å²) in [5, 5.41) is 0. The van der Waals surface area contributed by atoms with Crippen LogP contribution in [0.1, 0.15) is 5.56 Å². The minimum Gasteiger partial charge on any atom is -0.370 e. The van der Waals surface area contributed by atoms with E-state index in [1.807, 2.05) is 0 Å². The molecule has 0 radical (unpaired) electrons. The molecule has 0 aliphatic heterocycles. The normalized spacial score (nSPS) is 9.50. The summed E-state index contributed by atoms with van der Waals surface area (Å²) in [4.78, 5) is 0. The van der Waals surface area contributed by atoms with Crippen LogP contribution in [0.2, 0.25) is 0 Å².